The average molecular weight is 153 g/mol. The Morgan fingerprint density at radius 3 is 2.45 bits per heavy atom. The molecule has 0 saturated heterocycles. The van der Waals surface area contributed by atoms with Crippen molar-refractivity contribution < 1.29 is 14.9 Å². The Bertz CT molecular complexity index is 205. The van der Waals surface area contributed by atoms with E-state index in [4.69, 9.17) is 4.89 Å². The van der Waals surface area contributed by atoms with Crippen LogP contribution in [0.4, 0.5) is 0 Å². The summed E-state index contributed by atoms with van der Waals surface area (Å²) < 4.78 is 0. The van der Waals surface area contributed by atoms with E-state index >= 15 is 0 Å². The second-order valence-electron chi connectivity index (χ2n) is 1.96. The van der Waals surface area contributed by atoms with E-state index in [2.05, 4.69) is 4.89 Å². The summed E-state index contributed by atoms with van der Waals surface area (Å²) in [6.45, 7) is 2.31. The number of benzene rings is 1. The third-order valence-electron chi connectivity index (χ3n) is 1.10. The second kappa shape index (κ2) is 3.83. The van der Waals surface area contributed by atoms with Gasteiger partial charge in [0.2, 0.25) is 0 Å². The Morgan fingerprint density at radius 1 is 1.27 bits per heavy atom. The molecular formula is C8H9O3. The van der Waals surface area contributed by atoms with Gasteiger partial charge in [0, 0.05) is 0 Å². The molecule has 59 valence electrons. The summed E-state index contributed by atoms with van der Waals surface area (Å²) in [5, 5.41) is 10.6. The Kier molecular flexibility index (Phi) is 2.74. The minimum atomic E-state index is -0.0335. The lowest BCUT2D eigenvalue weighted by Gasteiger charge is -2.00. The summed E-state index contributed by atoms with van der Waals surface area (Å²) in [6.07, 6.45) is 0. The van der Waals surface area contributed by atoms with Gasteiger partial charge in [-0.2, -0.15) is 4.89 Å². The van der Waals surface area contributed by atoms with Crippen molar-refractivity contribution in [1.82, 2.24) is 0 Å². The smallest absolute Gasteiger partial charge is 0.178 e. The van der Waals surface area contributed by atoms with Gasteiger partial charge in [-0.15, -0.1) is 0 Å². The standard InChI is InChI=1S/C8H9O3/c1-2-10-11-8-5-3-7(9)4-6-8/h3-6H,2H2,1H3. The first-order valence-electron chi connectivity index (χ1n) is 3.39. The molecule has 0 saturated carbocycles. The highest BCUT2D eigenvalue weighted by atomic mass is 17.2. The molecule has 0 atom stereocenters. The molecule has 0 heterocycles. The largest absolute Gasteiger partial charge is 0.338 e. The Hall–Kier alpha value is -1.22. The Morgan fingerprint density at radius 2 is 1.91 bits per heavy atom. The van der Waals surface area contributed by atoms with Crippen LogP contribution in [0.15, 0.2) is 24.3 Å². The van der Waals surface area contributed by atoms with Crippen LogP contribution in [0.5, 0.6) is 11.5 Å². The number of rotatable bonds is 3. The van der Waals surface area contributed by atoms with Crippen LogP contribution >= 0.6 is 0 Å². The Balaban J connectivity index is 2.52. The highest BCUT2D eigenvalue weighted by molar-refractivity contribution is 5.29. The predicted molar refractivity (Wildman–Crippen MR) is 38.8 cm³/mol. The maximum atomic E-state index is 10.6. The lowest BCUT2D eigenvalue weighted by Crippen LogP contribution is -1.94. The van der Waals surface area contributed by atoms with Gasteiger partial charge >= 0.3 is 0 Å². The molecule has 0 bridgehead atoms. The lowest BCUT2D eigenvalue weighted by molar-refractivity contribution is -0.202. The summed E-state index contributed by atoms with van der Waals surface area (Å²) in [5.41, 5.74) is 0. The van der Waals surface area contributed by atoms with Crippen molar-refractivity contribution in [3.63, 3.8) is 0 Å². The molecule has 3 heteroatoms. The van der Waals surface area contributed by atoms with Crippen molar-refractivity contribution in [2.75, 3.05) is 6.61 Å². The molecule has 1 rings (SSSR count). The first kappa shape index (κ1) is 7.88. The molecule has 0 unspecified atom stereocenters. The third-order valence-corrected chi connectivity index (χ3v) is 1.10. The molecule has 0 spiro atoms. The van der Waals surface area contributed by atoms with Gasteiger partial charge in [0.05, 0.1) is 6.61 Å². The van der Waals surface area contributed by atoms with Crippen LogP contribution in [0, 0.1) is 0 Å². The zero-order valence-corrected chi connectivity index (χ0v) is 6.24. The summed E-state index contributed by atoms with van der Waals surface area (Å²) in [5.74, 6) is 0.514. The minimum Gasteiger partial charge on any atom is -0.338 e. The minimum absolute atomic E-state index is 0.0335. The molecule has 11 heavy (non-hydrogen) atoms. The van der Waals surface area contributed by atoms with E-state index in [-0.39, 0.29) is 5.75 Å². The summed E-state index contributed by atoms with van der Waals surface area (Å²) in [7, 11) is 0. The van der Waals surface area contributed by atoms with Crippen LogP contribution < -0.4 is 4.89 Å². The van der Waals surface area contributed by atoms with E-state index in [1.807, 2.05) is 6.92 Å². The molecule has 1 aromatic carbocycles. The monoisotopic (exact) mass is 153 g/mol. The van der Waals surface area contributed by atoms with Crippen molar-refractivity contribution in [3.05, 3.63) is 24.3 Å². The summed E-state index contributed by atoms with van der Waals surface area (Å²) in [4.78, 5) is 9.43. The lowest BCUT2D eigenvalue weighted by atomic mass is 10.3. The summed E-state index contributed by atoms with van der Waals surface area (Å²) in [6, 6.07) is 5.98. The van der Waals surface area contributed by atoms with Gasteiger partial charge < -0.3 is 4.89 Å². The third kappa shape index (κ3) is 2.47. The van der Waals surface area contributed by atoms with E-state index in [9.17, 15) is 5.11 Å². The fourth-order valence-corrected chi connectivity index (χ4v) is 0.622. The zero-order chi connectivity index (χ0) is 8.10. The normalized spacial score (nSPS) is 9.55. The van der Waals surface area contributed by atoms with E-state index in [1.165, 1.54) is 12.1 Å². The topological polar surface area (TPSA) is 38.4 Å². The maximum absolute atomic E-state index is 10.6. The van der Waals surface area contributed by atoms with E-state index < -0.39 is 0 Å². The second-order valence-corrected chi connectivity index (χ2v) is 1.96. The molecule has 0 aliphatic carbocycles. The molecule has 0 aliphatic heterocycles. The van der Waals surface area contributed by atoms with Gasteiger partial charge in [-0.05, 0) is 31.2 Å². The van der Waals surface area contributed by atoms with Gasteiger partial charge in [0.25, 0.3) is 0 Å². The highest BCUT2D eigenvalue weighted by Crippen LogP contribution is 2.16. The van der Waals surface area contributed by atoms with Gasteiger partial charge in [0.1, 0.15) is 0 Å². The fraction of sp³-hybridized carbons (Fsp3) is 0.250. The molecule has 0 aromatic heterocycles. The van der Waals surface area contributed by atoms with Crippen molar-refractivity contribution in [3.8, 4) is 11.5 Å². The van der Waals surface area contributed by atoms with Crippen LogP contribution in [0.3, 0.4) is 0 Å². The van der Waals surface area contributed by atoms with Crippen LogP contribution in [0.1, 0.15) is 6.92 Å². The zero-order valence-electron chi connectivity index (χ0n) is 6.24. The van der Waals surface area contributed by atoms with E-state index in [0.717, 1.165) is 0 Å². The SMILES string of the molecule is CCOOc1ccc([O])cc1. The first-order valence-corrected chi connectivity index (χ1v) is 3.39. The maximum Gasteiger partial charge on any atom is 0.178 e. The quantitative estimate of drug-likeness (QED) is 0.493. The molecular weight excluding hydrogens is 144 g/mol. The highest BCUT2D eigenvalue weighted by Gasteiger charge is 1.93. The first-order chi connectivity index (χ1) is 5.33. The molecule has 3 nitrogen and oxygen atoms in total. The number of hydrogen-bond donors (Lipinski definition) is 0. The molecule has 1 radical (unpaired) electrons. The van der Waals surface area contributed by atoms with Crippen LogP contribution in [-0.4, -0.2) is 6.61 Å². The van der Waals surface area contributed by atoms with Crippen LogP contribution in [0.2, 0.25) is 0 Å². The molecule has 0 aliphatic rings. The summed E-state index contributed by atoms with van der Waals surface area (Å²) >= 11 is 0. The van der Waals surface area contributed by atoms with Crippen LogP contribution in [-0.2, 0) is 9.99 Å². The molecule has 0 N–H and O–H groups in total. The van der Waals surface area contributed by atoms with Crippen LogP contribution in [0.25, 0.3) is 0 Å². The van der Waals surface area contributed by atoms with Crippen molar-refractivity contribution >= 4 is 0 Å². The van der Waals surface area contributed by atoms with Crippen molar-refractivity contribution in [2.24, 2.45) is 0 Å². The predicted octanol–water partition coefficient (Wildman–Crippen LogP) is 2.16. The van der Waals surface area contributed by atoms with E-state index in [1.54, 1.807) is 12.1 Å². The fourth-order valence-electron chi connectivity index (χ4n) is 0.622. The molecule has 0 fully saturated rings. The average Bonchev–Trinajstić information content (AvgIpc) is 2.04. The van der Waals surface area contributed by atoms with Gasteiger partial charge in [-0.25, -0.2) is 0 Å². The number of hydrogen-bond acceptors (Lipinski definition) is 2. The van der Waals surface area contributed by atoms with Crippen molar-refractivity contribution in [2.45, 2.75) is 6.92 Å². The molecule has 0 amide bonds. The van der Waals surface area contributed by atoms with E-state index in [0.29, 0.717) is 12.4 Å². The molecule has 1 aromatic rings. The van der Waals surface area contributed by atoms with Crippen molar-refractivity contribution in [1.29, 1.82) is 0 Å². The van der Waals surface area contributed by atoms with Gasteiger partial charge in [-0.1, -0.05) is 0 Å². The Labute approximate surface area is 65.1 Å². The van der Waals surface area contributed by atoms with Gasteiger partial charge in [0.15, 0.2) is 11.5 Å². The van der Waals surface area contributed by atoms with Gasteiger partial charge in [-0.3, -0.25) is 5.11 Å².